The Kier molecular flexibility index (Phi) is 4.34. The summed E-state index contributed by atoms with van der Waals surface area (Å²) in [5.74, 6) is 0. The first-order valence-electron chi connectivity index (χ1n) is 5.95. The Balaban J connectivity index is 1.68. The van der Waals surface area contributed by atoms with Gasteiger partial charge in [0.05, 0.1) is 12.2 Å². The van der Waals surface area contributed by atoms with Crippen molar-refractivity contribution in [3.05, 3.63) is 35.9 Å². The topological polar surface area (TPSA) is 33.3 Å². The standard InChI is InChI=1S/C13H20N2O/c1-11-7-14-9-13(16-11)10-15-8-12-5-3-2-4-6-12/h2-6,11,13-15H,7-10H2,1H3/t11-,13-/m1/s1. The minimum absolute atomic E-state index is 0.299. The van der Waals surface area contributed by atoms with Crippen LogP contribution in [0.1, 0.15) is 12.5 Å². The highest BCUT2D eigenvalue weighted by Gasteiger charge is 2.17. The van der Waals surface area contributed by atoms with Gasteiger partial charge in [-0.2, -0.15) is 0 Å². The van der Waals surface area contributed by atoms with Crippen LogP contribution in [-0.2, 0) is 11.3 Å². The second-order valence-corrected chi connectivity index (χ2v) is 4.34. The van der Waals surface area contributed by atoms with Crippen LogP contribution in [0, 0.1) is 0 Å². The van der Waals surface area contributed by atoms with Crippen LogP contribution in [0.15, 0.2) is 30.3 Å². The van der Waals surface area contributed by atoms with Crippen LogP contribution < -0.4 is 10.6 Å². The molecule has 1 aliphatic heterocycles. The Hall–Kier alpha value is -0.900. The first-order valence-corrected chi connectivity index (χ1v) is 5.95. The van der Waals surface area contributed by atoms with E-state index >= 15 is 0 Å². The summed E-state index contributed by atoms with van der Waals surface area (Å²) in [4.78, 5) is 0. The third-order valence-electron chi connectivity index (χ3n) is 2.77. The largest absolute Gasteiger partial charge is 0.371 e. The molecule has 0 amide bonds. The Morgan fingerprint density at radius 3 is 2.88 bits per heavy atom. The van der Waals surface area contributed by atoms with Crippen LogP contribution in [-0.4, -0.2) is 31.8 Å². The highest BCUT2D eigenvalue weighted by Crippen LogP contribution is 2.03. The molecule has 3 nitrogen and oxygen atoms in total. The zero-order valence-electron chi connectivity index (χ0n) is 9.78. The van der Waals surface area contributed by atoms with E-state index in [9.17, 15) is 0 Å². The summed E-state index contributed by atoms with van der Waals surface area (Å²) in [5.41, 5.74) is 1.32. The zero-order valence-corrected chi connectivity index (χ0v) is 9.78. The van der Waals surface area contributed by atoms with Crippen molar-refractivity contribution in [2.24, 2.45) is 0 Å². The van der Waals surface area contributed by atoms with Gasteiger partial charge in [-0.15, -0.1) is 0 Å². The highest BCUT2D eigenvalue weighted by atomic mass is 16.5. The first kappa shape index (κ1) is 11.6. The van der Waals surface area contributed by atoms with Crippen LogP contribution in [0.5, 0.6) is 0 Å². The number of morpholine rings is 1. The third-order valence-corrected chi connectivity index (χ3v) is 2.77. The minimum atomic E-state index is 0.299. The summed E-state index contributed by atoms with van der Waals surface area (Å²) in [7, 11) is 0. The van der Waals surface area contributed by atoms with E-state index in [0.29, 0.717) is 12.2 Å². The lowest BCUT2D eigenvalue weighted by Gasteiger charge is -2.28. The number of ether oxygens (including phenoxy) is 1. The minimum Gasteiger partial charge on any atom is -0.371 e. The predicted molar refractivity (Wildman–Crippen MR) is 65.4 cm³/mol. The fourth-order valence-corrected chi connectivity index (χ4v) is 1.97. The van der Waals surface area contributed by atoms with Gasteiger partial charge in [0.25, 0.3) is 0 Å². The van der Waals surface area contributed by atoms with Crippen LogP contribution in [0.4, 0.5) is 0 Å². The summed E-state index contributed by atoms with van der Waals surface area (Å²) < 4.78 is 5.80. The molecule has 0 aliphatic carbocycles. The summed E-state index contributed by atoms with van der Waals surface area (Å²) in [6.07, 6.45) is 0.629. The van der Waals surface area contributed by atoms with Gasteiger partial charge in [-0.25, -0.2) is 0 Å². The molecule has 2 atom stereocenters. The maximum atomic E-state index is 5.80. The summed E-state index contributed by atoms with van der Waals surface area (Å²) >= 11 is 0. The quantitative estimate of drug-likeness (QED) is 0.798. The van der Waals surface area contributed by atoms with Crippen molar-refractivity contribution in [3.63, 3.8) is 0 Å². The van der Waals surface area contributed by atoms with Crippen molar-refractivity contribution in [1.82, 2.24) is 10.6 Å². The third kappa shape index (κ3) is 3.59. The molecule has 1 aromatic carbocycles. The molecule has 1 fully saturated rings. The molecule has 3 heteroatoms. The van der Waals surface area contributed by atoms with Crippen LogP contribution in [0.3, 0.4) is 0 Å². The van der Waals surface area contributed by atoms with Gasteiger partial charge >= 0.3 is 0 Å². The van der Waals surface area contributed by atoms with Gasteiger partial charge in [0.1, 0.15) is 0 Å². The maximum absolute atomic E-state index is 5.80. The van der Waals surface area contributed by atoms with E-state index in [1.54, 1.807) is 0 Å². The second kappa shape index (κ2) is 5.99. The van der Waals surface area contributed by atoms with E-state index in [-0.39, 0.29) is 0 Å². The molecule has 0 unspecified atom stereocenters. The summed E-state index contributed by atoms with van der Waals surface area (Å²) in [5, 5.41) is 6.80. The van der Waals surface area contributed by atoms with Gasteiger partial charge in [-0.1, -0.05) is 30.3 Å². The Morgan fingerprint density at radius 2 is 2.12 bits per heavy atom. The van der Waals surface area contributed by atoms with Crippen LogP contribution in [0.2, 0.25) is 0 Å². The fraction of sp³-hybridized carbons (Fsp3) is 0.538. The molecule has 1 saturated heterocycles. The number of hydrogen-bond acceptors (Lipinski definition) is 3. The molecule has 1 heterocycles. The molecule has 88 valence electrons. The molecule has 1 aliphatic rings. The van der Waals surface area contributed by atoms with Crippen molar-refractivity contribution < 1.29 is 4.74 Å². The fourth-order valence-electron chi connectivity index (χ4n) is 1.97. The van der Waals surface area contributed by atoms with E-state index in [2.05, 4.69) is 41.8 Å². The summed E-state index contributed by atoms with van der Waals surface area (Å²) in [6.45, 7) is 5.85. The van der Waals surface area contributed by atoms with Crippen molar-refractivity contribution in [2.45, 2.75) is 25.7 Å². The van der Waals surface area contributed by atoms with Gasteiger partial charge in [0.15, 0.2) is 0 Å². The van der Waals surface area contributed by atoms with Gasteiger partial charge in [0, 0.05) is 26.2 Å². The molecule has 0 radical (unpaired) electrons. The molecule has 2 N–H and O–H groups in total. The number of benzene rings is 1. The van der Waals surface area contributed by atoms with E-state index < -0.39 is 0 Å². The monoisotopic (exact) mass is 220 g/mol. The molecule has 1 aromatic rings. The molecule has 0 bridgehead atoms. The Morgan fingerprint density at radius 1 is 1.31 bits per heavy atom. The Labute approximate surface area is 97.2 Å². The molecule has 2 rings (SSSR count). The molecule has 16 heavy (non-hydrogen) atoms. The summed E-state index contributed by atoms with van der Waals surface area (Å²) in [6, 6.07) is 10.4. The number of nitrogens with one attached hydrogen (secondary N) is 2. The predicted octanol–water partition coefficient (Wildman–Crippen LogP) is 1.15. The van der Waals surface area contributed by atoms with Crippen molar-refractivity contribution in [3.8, 4) is 0 Å². The molecule has 0 saturated carbocycles. The van der Waals surface area contributed by atoms with Crippen molar-refractivity contribution in [2.75, 3.05) is 19.6 Å². The molecule has 0 aromatic heterocycles. The zero-order chi connectivity index (χ0) is 11.2. The lowest BCUT2D eigenvalue weighted by Crippen LogP contribution is -2.47. The number of hydrogen-bond donors (Lipinski definition) is 2. The average Bonchev–Trinajstić information content (AvgIpc) is 2.30. The van der Waals surface area contributed by atoms with Crippen molar-refractivity contribution >= 4 is 0 Å². The van der Waals surface area contributed by atoms with E-state index in [1.807, 2.05) is 6.07 Å². The first-order chi connectivity index (χ1) is 7.84. The lowest BCUT2D eigenvalue weighted by molar-refractivity contribution is -0.0258. The average molecular weight is 220 g/mol. The smallest absolute Gasteiger partial charge is 0.0827 e. The highest BCUT2D eigenvalue weighted by molar-refractivity contribution is 5.14. The van der Waals surface area contributed by atoms with Crippen LogP contribution in [0.25, 0.3) is 0 Å². The van der Waals surface area contributed by atoms with E-state index in [0.717, 1.165) is 26.2 Å². The number of rotatable bonds is 4. The van der Waals surface area contributed by atoms with Gasteiger partial charge in [-0.3, -0.25) is 0 Å². The molecular weight excluding hydrogens is 200 g/mol. The van der Waals surface area contributed by atoms with E-state index in [1.165, 1.54) is 5.56 Å². The second-order valence-electron chi connectivity index (χ2n) is 4.34. The van der Waals surface area contributed by atoms with Crippen LogP contribution >= 0.6 is 0 Å². The molecular formula is C13H20N2O. The van der Waals surface area contributed by atoms with Gasteiger partial charge in [-0.05, 0) is 12.5 Å². The van der Waals surface area contributed by atoms with Crippen molar-refractivity contribution in [1.29, 1.82) is 0 Å². The van der Waals surface area contributed by atoms with Gasteiger partial charge in [0.2, 0.25) is 0 Å². The molecule has 0 spiro atoms. The van der Waals surface area contributed by atoms with E-state index in [4.69, 9.17) is 4.74 Å². The SMILES string of the molecule is C[C@@H]1CNC[C@H](CNCc2ccccc2)O1. The maximum Gasteiger partial charge on any atom is 0.0827 e. The lowest BCUT2D eigenvalue weighted by atomic mass is 10.2. The van der Waals surface area contributed by atoms with Gasteiger partial charge < -0.3 is 15.4 Å². The Bertz CT molecular complexity index is 302. The normalized spacial score (nSPS) is 25.6.